The Morgan fingerprint density at radius 2 is 2.47 bits per heavy atom. The number of aromatic nitrogens is 3. The highest BCUT2D eigenvalue weighted by atomic mass is 35.5. The first-order valence-electron chi connectivity index (χ1n) is 4.01. The minimum atomic E-state index is -0.911. The Hall–Kier alpha value is -1.63. The largest absolute Gasteiger partial charge is 0.468 e. The second-order valence-electron chi connectivity index (χ2n) is 2.56. The average Bonchev–Trinajstić information content (AvgIpc) is 2.77. The number of methoxy groups -OCH3 is 1. The van der Waals surface area contributed by atoms with E-state index in [9.17, 15) is 9.59 Å². The molecule has 7 nitrogen and oxygen atoms in total. The third-order valence-electron chi connectivity index (χ3n) is 1.55. The molecule has 0 aliphatic carbocycles. The fraction of sp³-hybridized carbons (Fsp3) is 0.429. The minimum Gasteiger partial charge on any atom is -0.468 e. The van der Waals surface area contributed by atoms with E-state index >= 15 is 0 Å². The molecule has 0 aliphatic rings. The molecule has 1 atom stereocenters. The molecule has 0 saturated heterocycles. The Balaban J connectivity index is 2.38. The normalized spacial score (nSPS) is 11.9. The molecular weight excluding hydrogens is 224 g/mol. The van der Waals surface area contributed by atoms with Crippen molar-refractivity contribution in [2.24, 2.45) is 0 Å². The van der Waals surface area contributed by atoms with Gasteiger partial charge in [-0.25, -0.2) is 0 Å². The van der Waals surface area contributed by atoms with Crippen LogP contribution in [0.25, 0.3) is 0 Å². The molecule has 15 heavy (non-hydrogen) atoms. The van der Waals surface area contributed by atoms with Crippen molar-refractivity contribution >= 4 is 23.5 Å². The number of alkyl halides is 1. The maximum Gasteiger partial charge on any atom is 0.325 e. The van der Waals surface area contributed by atoms with Crippen LogP contribution in [-0.4, -0.2) is 46.3 Å². The molecule has 0 aliphatic heterocycles. The van der Waals surface area contributed by atoms with Crippen LogP contribution in [0.1, 0.15) is 10.5 Å². The van der Waals surface area contributed by atoms with E-state index in [-0.39, 0.29) is 12.2 Å². The number of hydrogen-bond acceptors (Lipinski definition) is 5. The van der Waals surface area contributed by atoms with E-state index in [4.69, 9.17) is 11.6 Å². The van der Waals surface area contributed by atoms with Crippen LogP contribution in [0.2, 0.25) is 0 Å². The summed E-state index contributed by atoms with van der Waals surface area (Å²) < 4.78 is 4.38. The molecule has 0 aromatic carbocycles. The highest BCUT2D eigenvalue weighted by Gasteiger charge is 2.17. The Kier molecular flexibility index (Phi) is 4.04. The summed E-state index contributed by atoms with van der Waals surface area (Å²) in [6.07, 6.45) is 1.26. The smallest absolute Gasteiger partial charge is 0.325 e. The molecule has 82 valence electrons. The Morgan fingerprint density at radius 1 is 1.73 bits per heavy atom. The molecule has 1 unspecified atom stereocenters. The number of halogens is 1. The number of carbonyl (C=O) groups excluding carboxylic acids is 2. The van der Waals surface area contributed by atoms with Gasteiger partial charge in [0.15, 0.2) is 5.69 Å². The van der Waals surface area contributed by atoms with Gasteiger partial charge >= 0.3 is 5.97 Å². The zero-order valence-corrected chi connectivity index (χ0v) is 8.61. The van der Waals surface area contributed by atoms with Gasteiger partial charge in [0.1, 0.15) is 5.38 Å². The SMILES string of the molecule is COC(=O)C(Cl)CNC(=O)c1cn[nH]n1. The highest BCUT2D eigenvalue weighted by Crippen LogP contribution is 1.97. The van der Waals surface area contributed by atoms with Gasteiger partial charge in [-0.05, 0) is 0 Å². The first-order chi connectivity index (χ1) is 7.15. The van der Waals surface area contributed by atoms with E-state index in [1.165, 1.54) is 13.3 Å². The Labute approximate surface area is 90.1 Å². The van der Waals surface area contributed by atoms with Crippen molar-refractivity contribution in [2.45, 2.75) is 5.38 Å². The van der Waals surface area contributed by atoms with Crippen LogP contribution >= 0.6 is 11.6 Å². The molecule has 1 rings (SSSR count). The second-order valence-corrected chi connectivity index (χ2v) is 3.08. The maximum atomic E-state index is 11.3. The summed E-state index contributed by atoms with van der Waals surface area (Å²) in [6.45, 7) is -0.0279. The van der Waals surface area contributed by atoms with Crippen molar-refractivity contribution < 1.29 is 14.3 Å². The number of amides is 1. The molecule has 1 heterocycles. The lowest BCUT2D eigenvalue weighted by Crippen LogP contribution is -2.34. The van der Waals surface area contributed by atoms with Gasteiger partial charge in [-0.15, -0.1) is 11.6 Å². The second kappa shape index (κ2) is 5.30. The number of ether oxygens (including phenoxy) is 1. The van der Waals surface area contributed by atoms with Crippen LogP contribution in [-0.2, 0) is 9.53 Å². The summed E-state index contributed by atoms with van der Waals surface area (Å²) in [5.74, 6) is -1.06. The standard InChI is InChI=1S/C7H9ClN4O3/c1-15-7(14)4(8)2-9-6(13)5-3-10-12-11-5/h3-4H,2H2,1H3,(H,9,13)(H,10,11,12). The molecular formula is C7H9ClN4O3. The Bertz CT molecular complexity index is 340. The molecule has 0 saturated carbocycles. The molecule has 1 aromatic heterocycles. The molecule has 1 aromatic rings. The number of hydrogen-bond donors (Lipinski definition) is 2. The third kappa shape index (κ3) is 3.21. The zero-order valence-electron chi connectivity index (χ0n) is 7.86. The molecule has 1 amide bonds. The zero-order chi connectivity index (χ0) is 11.3. The van der Waals surface area contributed by atoms with Gasteiger partial charge in [0.2, 0.25) is 0 Å². The third-order valence-corrected chi connectivity index (χ3v) is 1.88. The van der Waals surface area contributed by atoms with Gasteiger partial charge in [0.05, 0.1) is 13.3 Å². The van der Waals surface area contributed by atoms with Crippen LogP contribution < -0.4 is 5.32 Å². The number of carbonyl (C=O) groups is 2. The highest BCUT2D eigenvalue weighted by molar-refractivity contribution is 6.30. The van der Waals surface area contributed by atoms with E-state index < -0.39 is 17.3 Å². The van der Waals surface area contributed by atoms with E-state index in [0.29, 0.717) is 0 Å². The first kappa shape index (κ1) is 11.4. The lowest BCUT2D eigenvalue weighted by atomic mass is 10.4. The van der Waals surface area contributed by atoms with Gasteiger partial charge in [0.25, 0.3) is 5.91 Å². The van der Waals surface area contributed by atoms with Crippen LogP contribution in [0.15, 0.2) is 6.20 Å². The monoisotopic (exact) mass is 232 g/mol. The molecule has 8 heteroatoms. The van der Waals surface area contributed by atoms with Crippen molar-refractivity contribution in [1.29, 1.82) is 0 Å². The van der Waals surface area contributed by atoms with Crippen molar-refractivity contribution in [3.05, 3.63) is 11.9 Å². The van der Waals surface area contributed by atoms with Crippen LogP contribution in [0, 0.1) is 0 Å². The lowest BCUT2D eigenvalue weighted by molar-refractivity contribution is -0.140. The van der Waals surface area contributed by atoms with E-state index in [1.54, 1.807) is 0 Å². The van der Waals surface area contributed by atoms with E-state index in [0.717, 1.165) is 0 Å². The lowest BCUT2D eigenvalue weighted by Gasteiger charge is -2.07. The summed E-state index contributed by atoms with van der Waals surface area (Å²) in [7, 11) is 1.22. The quantitative estimate of drug-likeness (QED) is 0.529. The number of rotatable bonds is 4. The summed E-state index contributed by atoms with van der Waals surface area (Å²) in [6, 6.07) is 0. The topological polar surface area (TPSA) is 97.0 Å². The number of H-pyrrole nitrogens is 1. The molecule has 2 N–H and O–H groups in total. The number of esters is 1. The molecule has 0 fully saturated rings. The summed E-state index contributed by atoms with van der Waals surface area (Å²) in [5.41, 5.74) is 0.128. The van der Waals surface area contributed by atoms with Gasteiger partial charge in [-0.1, -0.05) is 0 Å². The number of nitrogens with one attached hydrogen (secondary N) is 2. The minimum absolute atomic E-state index is 0.0279. The van der Waals surface area contributed by atoms with Gasteiger partial charge in [0, 0.05) is 6.54 Å². The average molecular weight is 233 g/mol. The van der Waals surface area contributed by atoms with Gasteiger partial charge in [-0.2, -0.15) is 15.4 Å². The summed E-state index contributed by atoms with van der Waals surface area (Å²) in [4.78, 5) is 22.1. The number of aromatic amines is 1. The van der Waals surface area contributed by atoms with Crippen molar-refractivity contribution in [1.82, 2.24) is 20.7 Å². The van der Waals surface area contributed by atoms with E-state index in [2.05, 4.69) is 25.5 Å². The number of nitrogens with zero attached hydrogens (tertiary/aromatic N) is 2. The Morgan fingerprint density at radius 3 is 3.00 bits per heavy atom. The molecule has 0 spiro atoms. The molecule has 0 bridgehead atoms. The first-order valence-corrected chi connectivity index (χ1v) is 4.44. The van der Waals surface area contributed by atoms with Gasteiger partial charge in [-0.3, -0.25) is 9.59 Å². The van der Waals surface area contributed by atoms with Crippen molar-refractivity contribution in [3.63, 3.8) is 0 Å². The van der Waals surface area contributed by atoms with Gasteiger partial charge < -0.3 is 10.1 Å². The fourth-order valence-corrected chi connectivity index (χ4v) is 0.961. The van der Waals surface area contributed by atoms with E-state index in [1.807, 2.05) is 0 Å². The summed E-state index contributed by atoms with van der Waals surface area (Å²) >= 11 is 5.60. The predicted molar refractivity (Wildman–Crippen MR) is 50.4 cm³/mol. The maximum absolute atomic E-state index is 11.3. The van der Waals surface area contributed by atoms with Crippen LogP contribution in [0.5, 0.6) is 0 Å². The van der Waals surface area contributed by atoms with Crippen molar-refractivity contribution in [3.8, 4) is 0 Å². The van der Waals surface area contributed by atoms with Crippen molar-refractivity contribution in [2.75, 3.05) is 13.7 Å². The fourth-order valence-electron chi connectivity index (χ4n) is 0.795. The molecule has 0 radical (unpaired) electrons. The van der Waals surface area contributed by atoms with Crippen LogP contribution in [0.4, 0.5) is 0 Å². The predicted octanol–water partition coefficient (Wildman–Crippen LogP) is -0.685. The summed E-state index contributed by atoms with van der Waals surface area (Å²) in [5, 5.41) is 10.8. The van der Waals surface area contributed by atoms with Crippen LogP contribution in [0.3, 0.4) is 0 Å².